The number of amides is 2. The molecular formula is C24H28N3O4+. The van der Waals surface area contributed by atoms with Gasteiger partial charge in [0.2, 0.25) is 5.91 Å². The summed E-state index contributed by atoms with van der Waals surface area (Å²) in [6.07, 6.45) is 0.863. The van der Waals surface area contributed by atoms with E-state index in [-0.39, 0.29) is 24.0 Å². The minimum Gasteiger partial charge on any atom is -0.423 e. The lowest BCUT2D eigenvalue weighted by Crippen LogP contribution is -3.11. The lowest BCUT2D eigenvalue weighted by atomic mass is 10.1. The molecule has 0 saturated carbocycles. The molecule has 0 aliphatic heterocycles. The van der Waals surface area contributed by atoms with Gasteiger partial charge in [0.25, 0.3) is 5.91 Å². The normalized spacial score (nSPS) is 11.8. The monoisotopic (exact) mass is 422 g/mol. The summed E-state index contributed by atoms with van der Waals surface area (Å²) in [7, 11) is 0. The van der Waals surface area contributed by atoms with Gasteiger partial charge in [-0.15, -0.1) is 0 Å². The molecule has 3 aromatic rings. The zero-order valence-corrected chi connectivity index (χ0v) is 18.1. The first-order chi connectivity index (χ1) is 14.9. The Balaban J connectivity index is 1.69. The summed E-state index contributed by atoms with van der Waals surface area (Å²) in [5, 5.41) is 6.47. The van der Waals surface area contributed by atoms with Gasteiger partial charge in [-0.25, -0.2) is 4.79 Å². The fourth-order valence-corrected chi connectivity index (χ4v) is 3.49. The topological polar surface area (TPSA) is 92.9 Å². The van der Waals surface area contributed by atoms with E-state index in [9.17, 15) is 14.4 Å². The third kappa shape index (κ3) is 6.02. The highest BCUT2D eigenvalue weighted by Crippen LogP contribution is 2.18. The smallest absolute Gasteiger partial charge is 0.336 e. The number of benzene rings is 2. The van der Waals surface area contributed by atoms with E-state index in [0.29, 0.717) is 23.5 Å². The van der Waals surface area contributed by atoms with Gasteiger partial charge in [0.1, 0.15) is 12.1 Å². The van der Waals surface area contributed by atoms with Crippen molar-refractivity contribution in [3.8, 4) is 0 Å². The molecule has 1 aromatic heterocycles. The molecule has 0 spiro atoms. The zero-order chi connectivity index (χ0) is 22.4. The average Bonchev–Trinajstić information content (AvgIpc) is 2.73. The van der Waals surface area contributed by atoms with Gasteiger partial charge in [0.15, 0.2) is 6.54 Å². The lowest BCUT2D eigenvalue weighted by molar-refractivity contribution is -0.903. The average molecular weight is 423 g/mol. The van der Waals surface area contributed by atoms with E-state index in [1.54, 1.807) is 24.3 Å². The first kappa shape index (κ1) is 22.2. The van der Waals surface area contributed by atoms with Crippen molar-refractivity contribution in [1.29, 1.82) is 0 Å². The van der Waals surface area contributed by atoms with Gasteiger partial charge in [-0.3, -0.25) is 9.59 Å². The van der Waals surface area contributed by atoms with Crippen LogP contribution in [0, 0.1) is 0 Å². The number of fused-ring (bicyclic) bond motifs is 1. The number of anilines is 2. The van der Waals surface area contributed by atoms with E-state index >= 15 is 0 Å². The Hall–Kier alpha value is -3.45. The van der Waals surface area contributed by atoms with Crippen LogP contribution < -0.4 is 21.2 Å². The van der Waals surface area contributed by atoms with Crippen molar-refractivity contribution < 1.29 is 18.9 Å². The second-order valence-corrected chi connectivity index (χ2v) is 7.54. The number of rotatable bonds is 8. The molecule has 162 valence electrons. The van der Waals surface area contributed by atoms with Crippen LogP contribution in [0.15, 0.2) is 57.7 Å². The van der Waals surface area contributed by atoms with Crippen molar-refractivity contribution in [2.45, 2.75) is 33.7 Å². The van der Waals surface area contributed by atoms with Crippen molar-refractivity contribution in [3.05, 3.63) is 70.1 Å². The van der Waals surface area contributed by atoms with Crippen LogP contribution >= 0.6 is 0 Å². The van der Waals surface area contributed by atoms with E-state index < -0.39 is 0 Å². The Morgan fingerprint density at radius 1 is 0.968 bits per heavy atom. The highest BCUT2D eigenvalue weighted by atomic mass is 16.4. The zero-order valence-electron chi connectivity index (χ0n) is 18.1. The van der Waals surface area contributed by atoms with Crippen molar-refractivity contribution >= 4 is 34.2 Å². The van der Waals surface area contributed by atoms with Crippen LogP contribution in [0.3, 0.4) is 0 Å². The number of carbonyl (C=O) groups excluding carboxylic acids is 2. The highest BCUT2D eigenvalue weighted by molar-refractivity contribution is 5.92. The van der Waals surface area contributed by atoms with Crippen LogP contribution in [0.2, 0.25) is 0 Å². The van der Waals surface area contributed by atoms with Crippen molar-refractivity contribution in [3.63, 3.8) is 0 Å². The van der Waals surface area contributed by atoms with Crippen LogP contribution in [0.25, 0.3) is 11.0 Å². The molecule has 0 aliphatic rings. The van der Waals surface area contributed by atoms with Crippen LogP contribution in [-0.4, -0.2) is 24.9 Å². The largest absolute Gasteiger partial charge is 0.423 e. The standard InChI is InChI=1S/C24H27N3O4/c1-4-17-6-11-21-18(13-24(30)31-22(21)12-17)14-27(5-2)15-23(29)26-20-9-7-19(8-10-20)25-16(3)28/h6-13H,4-5,14-15H2,1-3H3,(H,25,28)(H,26,29)/p+1. The molecule has 0 fully saturated rings. The second kappa shape index (κ2) is 10.0. The lowest BCUT2D eigenvalue weighted by Gasteiger charge is -2.18. The number of hydrogen-bond donors (Lipinski definition) is 3. The van der Waals surface area contributed by atoms with Crippen molar-refractivity contribution in [2.75, 3.05) is 23.7 Å². The van der Waals surface area contributed by atoms with Crippen LogP contribution in [0.5, 0.6) is 0 Å². The molecule has 3 rings (SSSR count). The molecule has 3 N–H and O–H groups in total. The Morgan fingerprint density at radius 2 is 1.65 bits per heavy atom. The molecule has 0 aliphatic carbocycles. The van der Waals surface area contributed by atoms with E-state index in [0.717, 1.165) is 34.4 Å². The molecule has 7 heteroatoms. The van der Waals surface area contributed by atoms with Gasteiger partial charge in [-0.05, 0) is 49.2 Å². The summed E-state index contributed by atoms with van der Waals surface area (Å²) in [6, 6.07) is 14.4. The predicted octanol–water partition coefficient (Wildman–Crippen LogP) is 2.36. The summed E-state index contributed by atoms with van der Waals surface area (Å²) in [4.78, 5) is 36.7. The molecule has 1 heterocycles. The van der Waals surface area contributed by atoms with Crippen LogP contribution in [0.1, 0.15) is 31.9 Å². The van der Waals surface area contributed by atoms with Gasteiger partial charge >= 0.3 is 5.63 Å². The summed E-state index contributed by atoms with van der Waals surface area (Å²) >= 11 is 0. The maximum Gasteiger partial charge on any atom is 0.336 e. The number of likely N-dealkylation sites (N-methyl/N-ethyl adjacent to an activating group) is 1. The summed E-state index contributed by atoms with van der Waals surface area (Å²) in [6.45, 7) is 7.04. The number of aryl methyl sites for hydroxylation is 1. The van der Waals surface area contributed by atoms with Gasteiger partial charge < -0.3 is 20.0 Å². The summed E-state index contributed by atoms with van der Waals surface area (Å²) in [5.74, 6) is -0.267. The third-order valence-corrected chi connectivity index (χ3v) is 5.14. The molecule has 2 aromatic carbocycles. The first-order valence-corrected chi connectivity index (χ1v) is 10.4. The minimum atomic E-state index is -0.380. The van der Waals surface area contributed by atoms with Crippen LogP contribution in [0.4, 0.5) is 11.4 Å². The predicted molar refractivity (Wildman–Crippen MR) is 121 cm³/mol. The Bertz CT molecular complexity index is 1140. The quantitative estimate of drug-likeness (QED) is 0.486. The number of carbonyl (C=O) groups is 2. The molecule has 0 radical (unpaired) electrons. The number of quaternary nitrogens is 1. The first-order valence-electron chi connectivity index (χ1n) is 10.4. The fourth-order valence-electron chi connectivity index (χ4n) is 3.49. The van der Waals surface area contributed by atoms with Gasteiger partial charge in [0.05, 0.1) is 6.54 Å². The van der Waals surface area contributed by atoms with Gasteiger partial charge in [0, 0.05) is 35.3 Å². The van der Waals surface area contributed by atoms with Crippen LogP contribution in [-0.2, 0) is 22.6 Å². The van der Waals surface area contributed by atoms with E-state index in [4.69, 9.17) is 4.42 Å². The molecule has 1 atom stereocenters. The summed E-state index contributed by atoms with van der Waals surface area (Å²) in [5.41, 5.74) is 3.52. The summed E-state index contributed by atoms with van der Waals surface area (Å²) < 4.78 is 5.38. The Labute approximate surface area is 181 Å². The molecular weight excluding hydrogens is 394 g/mol. The van der Waals surface area contributed by atoms with Gasteiger partial charge in [-0.2, -0.15) is 0 Å². The maximum atomic E-state index is 12.6. The molecule has 1 unspecified atom stereocenters. The van der Waals surface area contributed by atoms with Gasteiger partial charge in [-0.1, -0.05) is 19.1 Å². The highest BCUT2D eigenvalue weighted by Gasteiger charge is 2.16. The molecule has 0 bridgehead atoms. The molecule has 2 amide bonds. The van der Waals surface area contributed by atoms with E-state index in [1.807, 2.05) is 25.1 Å². The second-order valence-electron chi connectivity index (χ2n) is 7.54. The maximum absolute atomic E-state index is 12.6. The van der Waals surface area contributed by atoms with E-state index in [1.165, 1.54) is 13.0 Å². The molecule has 31 heavy (non-hydrogen) atoms. The Kier molecular flexibility index (Phi) is 7.20. The molecule has 7 nitrogen and oxygen atoms in total. The van der Waals surface area contributed by atoms with E-state index in [2.05, 4.69) is 17.6 Å². The Morgan fingerprint density at radius 3 is 2.26 bits per heavy atom. The number of hydrogen-bond acceptors (Lipinski definition) is 4. The SMILES string of the molecule is CCc1ccc2c(C[NH+](CC)CC(=O)Nc3ccc(NC(C)=O)cc3)cc(=O)oc2c1. The van der Waals surface area contributed by atoms with Crippen molar-refractivity contribution in [1.82, 2.24) is 0 Å². The molecule has 0 saturated heterocycles. The third-order valence-electron chi connectivity index (χ3n) is 5.14. The number of nitrogens with one attached hydrogen (secondary N) is 3. The fraction of sp³-hybridized carbons (Fsp3) is 0.292. The van der Waals surface area contributed by atoms with Crippen molar-refractivity contribution in [2.24, 2.45) is 0 Å². The minimum absolute atomic E-state index is 0.121.